The summed E-state index contributed by atoms with van der Waals surface area (Å²) in [5.41, 5.74) is 14.0. The third-order valence-corrected chi connectivity index (χ3v) is 11.6. The van der Waals surface area contributed by atoms with Crippen molar-refractivity contribution in [2.45, 2.75) is 0 Å². The van der Waals surface area contributed by atoms with Crippen molar-refractivity contribution < 1.29 is 0 Å². The van der Waals surface area contributed by atoms with E-state index < -0.39 is 0 Å². The summed E-state index contributed by atoms with van der Waals surface area (Å²) in [5.74, 6) is 0. The minimum atomic E-state index is 1.09. The average Bonchev–Trinajstić information content (AvgIpc) is 3.64. The van der Waals surface area contributed by atoms with Gasteiger partial charge in [-0.15, -0.1) is 0 Å². The van der Waals surface area contributed by atoms with Gasteiger partial charge in [-0.3, -0.25) is 0 Å². The Kier molecular flexibility index (Phi) is 8.19. The van der Waals surface area contributed by atoms with Crippen LogP contribution in [0.5, 0.6) is 0 Å². The molecule has 58 heavy (non-hydrogen) atoms. The first-order valence-electron chi connectivity index (χ1n) is 19.9. The highest BCUT2D eigenvalue weighted by atomic mass is 15.1. The molecule has 11 rings (SSSR count). The fraction of sp³-hybridized carbons (Fsp3) is 0. The molecule has 11 aromatic rings. The van der Waals surface area contributed by atoms with Crippen molar-refractivity contribution in [2.75, 3.05) is 4.90 Å². The lowest BCUT2D eigenvalue weighted by atomic mass is 9.96. The zero-order chi connectivity index (χ0) is 38.4. The zero-order valence-electron chi connectivity index (χ0n) is 31.8. The third-order valence-electron chi connectivity index (χ3n) is 11.6. The lowest BCUT2D eigenvalue weighted by Gasteiger charge is -2.28. The van der Waals surface area contributed by atoms with Gasteiger partial charge in [0.2, 0.25) is 0 Å². The van der Waals surface area contributed by atoms with Crippen LogP contribution in [0.2, 0.25) is 0 Å². The Bertz CT molecular complexity index is 3220. The number of hydrogen-bond acceptors (Lipinski definition) is 1. The molecule has 2 nitrogen and oxygen atoms in total. The van der Waals surface area contributed by atoms with E-state index in [9.17, 15) is 0 Å². The second kappa shape index (κ2) is 14.1. The zero-order valence-corrected chi connectivity index (χ0v) is 31.8. The molecule has 0 aliphatic carbocycles. The number of para-hydroxylation sites is 3. The molecule has 272 valence electrons. The van der Waals surface area contributed by atoms with Crippen LogP contribution < -0.4 is 4.90 Å². The maximum absolute atomic E-state index is 2.41. The summed E-state index contributed by atoms with van der Waals surface area (Å²) in [5, 5.41) is 7.51. The summed E-state index contributed by atoms with van der Waals surface area (Å²) in [4.78, 5) is 2.41. The number of fused-ring (bicyclic) bond motifs is 5. The normalized spacial score (nSPS) is 11.4. The van der Waals surface area contributed by atoms with Crippen molar-refractivity contribution in [2.24, 2.45) is 0 Å². The van der Waals surface area contributed by atoms with Crippen LogP contribution in [-0.2, 0) is 0 Å². The molecule has 10 aromatic carbocycles. The fourth-order valence-electron chi connectivity index (χ4n) is 8.89. The van der Waals surface area contributed by atoms with E-state index in [2.05, 4.69) is 240 Å². The predicted molar refractivity (Wildman–Crippen MR) is 247 cm³/mol. The highest BCUT2D eigenvalue weighted by Gasteiger charge is 2.19. The van der Waals surface area contributed by atoms with Gasteiger partial charge in [0.1, 0.15) is 0 Å². The Morgan fingerprint density at radius 3 is 1.41 bits per heavy atom. The van der Waals surface area contributed by atoms with Crippen LogP contribution in [0.1, 0.15) is 0 Å². The largest absolute Gasteiger partial charge is 0.310 e. The van der Waals surface area contributed by atoms with E-state index in [4.69, 9.17) is 0 Å². The van der Waals surface area contributed by atoms with Gasteiger partial charge < -0.3 is 9.47 Å². The first-order valence-corrected chi connectivity index (χ1v) is 19.9. The van der Waals surface area contributed by atoms with Crippen molar-refractivity contribution >= 4 is 60.4 Å². The third kappa shape index (κ3) is 5.74. The molecule has 1 heterocycles. The molecule has 1 aromatic heterocycles. The van der Waals surface area contributed by atoms with Crippen molar-refractivity contribution in [3.63, 3.8) is 0 Å². The molecule has 0 radical (unpaired) electrons. The maximum Gasteiger partial charge on any atom is 0.0541 e. The van der Waals surface area contributed by atoms with Gasteiger partial charge in [0.25, 0.3) is 0 Å². The summed E-state index contributed by atoms with van der Waals surface area (Å²) in [6.45, 7) is 0. The minimum Gasteiger partial charge on any atom is -0.310 e. The summed E-state index contributed by atoms with van der Waals surface area (Å²) in [6, 6.07) is 83.7. The van der Waals surface area contributed by atoms with Crippen LogP contribution in [0.4, 0.5) is 17.1 Å². The van der Waals surface area contributed by atoms with E-state index in [1.165, 1.54) is 65.6 Å². The predicted octanol–water partition coefficient (Wildman–Crippen LogP) is 15.6. The molecule has 0 spiro atoms. The SMILES string of the molecule is c1cc(-c2cccc3ccccc23)cc(N(c2ccc(-c3cccc4ccccc34)cc2)c2ccccc2-c2ccc(-n3c4ccccc4c4ccccc43)cc2)c1. The van der Waals surface area contributed by atoms with E-state index >= 15 is 0 Å². The smallest absolute Gasteiger partial charge is 0.0541 e. The Morgan fingerprint density at radius 1 is 0.293 bits per heavy atom. The number of rotatable bonds is 7. The Hall–Kier alpha value is -7.68. The number of hydrogen-bond donors (Lipinski definition) is 0. The van der Waals surface area contributed by atoms with E-state index in [-0.39, 0.29) is 0 Å². The molecule has 0 aliphatic rings. The van der Waals surface area contributed by atoms with Gasteiger partial charge in [-0.1, -0.05) is 176 Å². The minimum absolute atomic E-state index is 1.09. The lowest BCUT2D eigenvalue weighted by molar-refractivity contribution is 1.18. The van der Waals surface area contributed by atoms with Gasteiger partial charge in [0, 0.05) is 33.4 Å². The van der Waals surface area contributed by atoms with Crippen LogP contribution in [0, 0.1) is 0 Å². The van der Waals surface area contributed by atoms with Gasteiger partial charge in [-0.05, 0) is 104 Å². The Morgan fingerprint density at radius 2 is 0.759 bits per heavy atom. The van der Waals surface area contributed by atoms with Crippen LogP contribution >= 0.6 is 0 Å². The second-order valence-electron chi connectivity index (χ2n) is 14.9. The van der Waals surface area contributed by atoms with Crippen LogP contribution in [0.25, 0.3) is 82.4 Å². The number of benzene rings is 10. The van der Waals surface area contributed by atoms with Gasteiger partial charge in [-0.2, -0.15) is 0 Å². The van der Waals surface area contributed by atoms with Gasteiger partial charge in [0.15, 0.2) is 0 Å². The summed E-state index contributed by atoms with van der Waals surface area (Å²) in [7, 11) is 0. The summed E-state index contributed by atoms with van der Waals surface area (Å²) < 4.78 is 2.38. The highest BCUT2D eigenvalue weighted by Crippen LogP contribution is 2.43. The molecule has 0 amide bonds. The molecule has 0 bridgehead atoms. The van der Waals surface area contributed by atoms with Crippen molar-refractivity contribution in [3.8, 4) is 39.1 Å². The van der Waals surface area contributed by atoms with Gasteiger partial charge in [0.05, 0.1) is 16.7 Å². The molecule has 2 heteroatoms. The molecular weight excluding hydrogens is 701 g/mol. The van der Waals surface area contributed by atoms with E-state index in [1.807, 2.05) is 0 Å². The van der Waals surface area contributed by atoms with Crippen molar-refractivity contribution in [1.82, 2.24) is 4.57 Å². The van der Waals surface area contributed by atoms with Crippen LogP contribution in [-0.4, -0.2) is 4.57 Å². The first-order chi connectivity index (χ1) is 28.8. The Labute approximate surface area is 338 Å². The number of anilines is 3. The molecule has 0 aliphatic heterocycles. The van der Waals surface area contributed by atoms with E-state index in [0.717, 1.165) is 33.9 Å². The molecule has 0 saturated heterocycles. The van der Waals surface area contributed by atoms with Crippen LogP contribution in [0.3, 0.4) is 0 Å². The maximum atomic E-state index is 2.41. The molecule has 0 atom stereocenters. The average molecular weight is 739 g/mol. The molecular formula is C56H38N2. The van der Waals surface area contributed by atoms with Crippen molar-refractivity contribution in [3.05, 3.63) is 231 Å². The first kappa shape index (κ1) is 33.6. The van der Waals surface area contributed by atoms with E-state index in [0.29, 0.717) is 0 Å². The molecule has 0 saturated carbocycles. The Balaban J connectivity index is 1.05. The quantitative estimate of drug-likeness (QED) is 0.158. The monoisotopic (exact) mass is 738 g/mol. The van der Waals surface area contributed by atoms with E-state index in [1.54, 1.807) is 0 Å². The van der Waals surface area contributed by atoms with Crippen molar-refractivity contribution in [1.29, 1.82) is 0 Å². The van der Waals surface area contributed by atoms with Gasteiger partial charge in [-0.25, -0.2) is 0 Å². The lowest BCUT2D eigenvalue weighted by Crippen LogP contribution is -2.11. The molecule has 0 unspecified atom stereocenters. The van der Waals surface area contributed by atoms with Gasteiger partial charge >= 0.3 is 0 Å². The molecule has 0 N–H and O–H groups in total. The topological polar surface area (TPSA) is 8.17 Å². The number of aromatic nitrogens is 1. The summed E-state index contributed by atoms with van der Waals surface area (Å²) in [6.07, 6.45) is 0. The highest BCUT2D eigenvalue weighted by molar-refractivity contribution is 6.09. The number of nitrogens with zero attached hydrogens (tertiary/aromatic N) is 2. The standard InChI is InChI=1S/C56H38N2/c1-3-20-47-39(14-1)16-12-25-49(47)41-30-34-44(35-31-41)57(46-19-11-18-43(38-46)50-26-13-17-40-15-2-4-21-48(40)50)54-27-8-5-22-51(54)42-32-36-45(37-33-42)58-55-28-9-6-23-52(55)53-24-7-10-29-56(53)58/h1-38H. The second-order valence-corrected chi connectivity index (χ2v) is 14.9. The van der Waals surface area contributed by atoms with Crippen LogP contribution in [0.15, 0.2) is 231 Å². The fourth-order valence-corrected chi connectivity index (χ4v) is 8.89. The summed E-state index contributed by atoms with van der Waals surface area (Å²) >= 11 is 0. The molecule has 0 fully saturated rings.